The molecule has 0 unspecified atom stereocenters. The van der Waals surface area contributed by atoms with Crippen LogP contribution in [0.4, 0.5) is 0 Å². The lowest BCUT2D eigenvalue weighted by Gasteiger charge is -2.07. The Morgan fingerprint density at radius 1 is 0.962 bits per heavy atom. The lowest BCUT2D eigenvalue weighted by Crippen LogP contribution is -2.14. The van der Waals surface area contributed by atoms with Gasteiger partial charge in [-0.3, -0.25) is 4.79 Å². The average Bonchev–Trinajstić information content (AvgIpc) is 3.13. The van der Waals surface area contributed by atoms with E-state index in [2.05, 4.69) is 4.98 Å². The van der Waals surface area contributed by atoms with Crippen LogP contribution >= 0.6 is 11.6 Å². The first-order valence-corrected chi connectivity index (χ1v) is 8.86. The van der Waals surface area contributed by atoms with Gasteiger partial charge in [-0.25, -0.2) is 9.78 Å². The zero-order chi connectivity index (χ0) is 18.1. The van der Waals surface area contributed by atoms with Crippen molar-refractivity contribution in [1.82, 2.24) is 4.98 Å². The minimum absolute atomic E-state index is 0.192. The van der Waals surface area contributed by atoms with Crippen molar-refractivity contribution in [3.05, 3.63) is 75.9 Å². The molecule has 4 nitrogen and oxygen atoms in total. The number of hydrogen-bond donors (Lipinski definition) is 0. The number of nitrogens with zero attached hydrogens (tertiary/aromatic N) is 1. The van der Waals surface area contributed by atoms with E-state index in [-0.39, 0.29) is 12.4 Å². The van der Waals surface area contributed by atoms with Gasteiger partial charge in [0.1, 0.15) is 5.15 Å². The number of aromatic nitrogens is 1. The van der Waals surface area contributed by atoms with E-state index in [0.717, 1.165) is 24.6 Å². The Hall–Kier alpha value is -2.72. The van der Waals surface area contributed by atoms with Crippen LogP contribution in [0.1, 0.15) is 38.3 Å². The Kier molecular flexibility index (Phi) is 4.43. The molecule has 0 radical (unpaired) electrons. The molecule has 1 heterocycles. The molecule has 0 bridgehead atoms. The van der Waals surface area contributed by atoms with Crippen LogP contribution in [0.25, 0.3) is 10.9 Å². The van der Waals surface area contributed by atoms with Crippen LogP contribution in [-0.4, -0.2) is 23.3 Å². The lowest BCUT2D eigenvalue weighted by atomic mass is 10.0. The van der Waals surface area contributed by atoms with E-state index in [1.54, 1.807) is 30.3 Å². The number of esters is 1. The highest BCUT2D eigenvalue weighted by Crippen LogP contribution is 2.23. The summed E-state index contributed by atoms with van der Waals surface area (Å²) in [4.78, 5) is 28.8. The standard InChI is InChI=1S/C21H16ClNO3/c22-20-9-7-15-11-17(6-8-18(15)23-20)21(25)26-12-19(24)16-5-4-13-2-1-3-14(13)10-16/h4-11H,1-3,12H2. The van der Waals surface area contributed by atoms with Gasteiger partial charge in [-0.1, -0.05) is 23.7 Å². The third-order valence-electron chi connectivity index (χ3n) is 4.65. The second-order valence-corrected chi connectivity index (χ2v) is 6.77. The monoisotopic (exact) mass is 365 g/mol. The van der Waals surface area contributed by atoms with Crippen LogP contribution in [0.2, 0.25) is 5.15 Å². The summed E-state index contributed by atoms with van der Waals surface area (Å²) in [5, 5.41) is 1.18. The van der Waals surface area contributed by atoms with E-state index < -0.39 is 5.97 Å². The highest BCUT2D eigenvalue weighted by atomic mass is 35.5. The number of Topliss-reactive ketones (excluding diaryl/α,β-unsaturated/α-hetero) is 1. The molecular formula is C21H16ClNO3. The Balaban J connectivity index is 1.45. The molecule has 0 spiro atoms. The number of hydrogen-bond acceptors (Lipinski definition) is 4. The van der Waals surface area contributed by atoms with Crippen molar-refractivity contribution in [3.8, 4) is 0 Å². The summed E-state index contributed by atoms with van der Waals surface area (Å²) >= 11 is 5.86. The molecule has 0 saturated carbocycles. The molecule has 0 fully saturated rings. The highest BCUT2D eigenvalue weighted by molar-refractivity contribution is 6.29. The predicted molar refractivity (Wildman–Crippen MR) is 99.8 cm³/mol. The number of fused-ring (bicyclic) bond motifs is 2. The molecule has 1 aliphatic rings. The summed E-state index contributed by atoms with van der Waals surface area (Å²) in [6.45, 7) is -0.269. The molecule has 4 rings (SSSR count). The number of benzene rings is 2. The van der Waals surface area contributed by atoms with Crippen LogP contribution in [0.3, 0.4) is 0 Å². The summed E-state index contributed by atoms with van der Waals surface area (Å²) in [5.41, 5.74) is 4.20. The summed E-state index contributed by atoms with van der Waals surface area (Å²) in [5.74, 6) is -0.723. The molecule has 0 amide bonds. The molecule has 130 valence electrons. The normalized spacial score (nSPS) is 12.8. The Morgan fingerprint density at radius 3 is 2.65 bits per heavy atom. The molecule has 1 aromatic heterocycles. The van der Waals surface area contributed by atoms with Crippen molar-refractivity contribution in [2.24, 2.45) is 0 Å². The summed E-state index contributed by atoms with van der Waals surface area (Å²) in [6.07, 6.45) is 3.20. The first-order valence-electron chi connectivity index (χ1n) is 8.48. The van der Waals surface area contributed by atoms with Crippen molar-refractivity contribution in [2.45, 2.75) is 19.3 Å². The van der Waals surface area contributed by atoms with Gasteiger partial charge >= 0.3 is 5.97 Å². The van der Waals surface area contributed by atoms with Gasteiger partial charge in [0.2, 0.25) is 0 Å². The number of carbonyl (C=O) groups excluding carboxylic acids is 2. The third kappa shape index (κ3) is 3.33. The molecule has 0 atom stereocenters. The third-order valence-corrected chi connectivity index (χ3v) is 4.86. The van der Waals surface area contributed by atoms with Gasteiger partial charge in [0.15, 0.2) is 12.4 Å². The largest absolute Gasteiger partial charge is 0.454 e. The molecule has 3 aromatic rings. The van der Waals surface area contributed by atoms with E-state index in [1.165, 1.54) is 11.1 Å². The van der Waals surface area contributed by atoms with Crippen LogP contribution < -0.4 is 0 Å². The maximum absolute atomic E-state index is 12.3. The lowest BCUT2D eigenvalue weighted by molar-refractivity contribution is 0.0475. The molecule has 0 N–H and O–H groups in total. The van der Waals surface area contributed by atoms with Crippen molar-refractivity contribution >= 4 is 34.3 Å². The molecule has 0 saturated heterocycles. The molecule has 2 aromatic carbocycles. The molecule has 0 aliphatic heterocycles. The second-order valence-electron chi connectivity index (χ2n) is 6.38. The van der Waals surface area contributed by atoms with Gasteiger partial charge < -0.3 is 4.74 Å². The zero-order valence-corrected chi connectivity index (χ0v) is 14.8. The fourth-order valence-electron chi connectivity index (χ4n) is 3.27. The van der Waals surface area contributed by atoms with Gasteiger partial charge in [0, 0.05) is 10.9 Å². The Labute approximate surface area is 155 Å². The highest BCUT2D eigenvalue weighted by Gasteiger charge is 2.16. The van der Waals surface area contributed by atoms with E-state index >= 15 is 0 Å². The molecule has 26 heavy (non-hydrogen) atoms. The van der Waals surface area contributed by atoms with E-state index in [0.29, 0.717) is 21.8 Å². The topological polar surface area (TPSA) is 56.3 Å². The number of halogens is 1. The second kappa shape index (κ2) is 6.89. The number of aryl methyl sites for hydroxylation is 2. The SMILES string of the molecule is O=C(COC(=O)c1ccc2nc(Cl)ccc2c1)c1ccc2c(c1)CCC2. The van der Waals surface area contributed by atoms with Crippen LogP contribution in [-0.2, 0) is 17.6 Å². The van der Waals surface area contributed by atoms with E-state index in [9.17, 15) is 9.59 Å². The Bertz CT molecular complexity index is 1030. The predicted octanol–water partition coefficient (Wildman–Crippen LogP) is 4.42. The number of ketones is 1. The first kappa shape index (κ1) is 16.7. The number of pyridine rings is 1. The summed E-state index contributed by atoms with van der Waals surface area (Å²) in [7, 11) is 0. The van der Waals surface area contributed by atoms with Crippen molar-refractivity contribution in [3.63, 3.8) is 0 Å². The van der Waals surface area contributed by atoms with E-state index in [4.69, 9.17) is 16.3 Å². The number of carbonyl (C=O) groups is 2. The number of ether oxygens (including phenoxy) is 1. The summed E-state index contributed by atoms with van der Waals surface area (Å²) in [6, 6.07) is 14.2. The van der Waals surface area contributed by atoms with Gasteiger partial charge in [0.05, 0.1) is 11.1 Å². The van der Waals surface area contributed by atoms with Crippen LogP contribution in [0, 0.1) is 0 Å². The fraction of sp³-hybridized carbons (Fsp3) is 0.190. The minimum atomic E-state index is -0.531. The van der Waals surface area contributed by atoms with Gasteiger partial charge in [-0.05, 0) is 66.8 Å². The van der Waals surface area contributed by atoms with Crippen molar-refractivity contribution in [1.29, 1.82) is 0 Å². The van der Waals surface area contributed by atoms with Crippen molar-refractivity contribution in [2.75, 3.05) is 6.61 Å². The Morgan fingerprint density at radius 2 is 1.77 bits per heavy atom. The van der Waals surface area contributed by atoms with E-state index in [1.807, 2.05) is 18.2 Å². The van der Waals surface area contributed by atoms with Crippen LogP contribution in [0.5, 0.6) is 0 Å². The maximum atomic E-state index is 12.3. The van der Waals surface area contributed by atoms with Crippen LogP contribution in [0.15, 0.2) is 48.5 Å². The molecule has 1 aliphatic carbocycles. The maximum Gasteiger partial charge on any atom is 0.338 e. The number of rotatable bonds is 4. The zero-order valence-electron chi connectivity index (χ0n) is 14.0. The average molecular weight is 366 g/mol. The van der Waals surface area contributed by atoms with Gasteiger partial charge in [0.25, 0.3) is 0 Å². The minimum Gasteiger partial charge on any atom is -0.454 e. The fourth-order valence-corrected chi connectivity index (χ4v) is 3.42. The first-order chi connectivity index (χ1) is 12.6. The smallest absolute Gasteiger partial charge is 0.338 e. The van der Waals surface area contributed by atoms with Gasteiger partial charge in [-0.15, -0.1) is 0 Å². The summed E-state index contributed by atoms with van der Waals surface area (Å²) < 4.78 is 5.20. The molecular weight excluding hydrogens is 350 g/mol. The quantitative estimate of drug-likeness (QED) is 0.390. The molecule has 5 heteroatoms. The van der Waals surface area contributed by atoms with Crippen molar-refractivity contribution < 1.29 is 14.3 Å². The van der Waals surface area contributed by atoms with Gasteiger partial charge in [-0.2, -0.15) is 0 Å².